The lowest BCUT2D eigenvalue weighted by atomic mass is 10.0. The highest BCUT2D eigenvalue weighted by molar-refractivity contribution is 7.18. The largest absolute Gasteiger partial charge is 0.309 e. The SMILES string of the molecule is c1ccc(-c2cccc(-n3c4ccccc4c4c5ccc6ccsc6c5ccc43)c2)cc1. The standard InChI is InChI=1S/C30H19NS/c1-2-7-20(8-3-1)22-9-6-10-23(19-22)31-27-12-5-4-11-26(27)29-24-14-13-21-17-18-32-30(21)25(24)15-16-28(29)31/h1-19H. The van der Waals surface area contributed by atoms with Gasteiger partial charge in [-0.3, -0.25) is 0 Å². The first-order valence-electron chi connectivity index (χ1n) is 10.9. The molecule has 0 fully saturated rings. The number of benzene rings is 5. The van der Waals surface area contributed by atoms with Crippen LogP contribution in [0.2, 0.25) is 0 Å². The predicted molar refractivity (Wildman–Crippen MR) is 139 cm³/mol. The van der Waals surface area contributed by atoms with Gasteiger partial charge in [-0.25, -0.2) is 0 Å². The molecule has 0 spiro atoms. The summed E-state index contributed by atoms with van der Waals surface area (Å²) in [6.45, 7) is 0. The average molecular weight is 426 g/mol. The summed E-state index contributed by atoms with van der Waals surface area (Å²) in [5, 5.41) is 8.80. The van der Waals surface area contributed by atoms with E-state index in [1.165, 1.54) is 59.5 Å². The van der Waals surface area contributed by atoms with E-state index in [-0.39, 0.29) is 0 Å². The van der Waals surface area contributed by atoms with Crippen molar-refractivity contribution in [1.29, 1.82) is 0 Å². The highest BCUT2D eigenvalue weighted by Crippen LogP contribution is 2.40. The van der Waals surface area contributed by atoms with Crippen molar-refractivity contribution in [2.75, 3.05) is 0 Å². The minimum absolute atomic E-state index is 1.19. The molecule has 0 amide bonds. The van der Waals surface area contributed by atoms with Gasteiger partial charge in [0, 0.05) is 26.5 Å². The van der Waals surface area contributed by atoms with Gasteiger partial charge in [0.15, 0.2) is 0 Å². The molecule has 2 aromatic heterocycles. The molecule has 0 aliphatic carbocycles. The fourth-order valence-corrected chi connectivity index (χ4v) is 5.96. The normalized spacial score (nSPS) is 11.8. The van der Waals surface area contributed by atoms with Crippen molar-refractivity contribution in [3.05, 3.63) is 115 Å². The van der Waals surface area contributed by atoms with E-state index in [9.17, 15) is 0 Å². The van der Waals surface area contributed by atoms with Crippen molar-refractivity contribution in [2.45, 2.75) is 0 Å². The zero-order chi connectivity index (χ0) is 21.1. The minimum Gasteiger partial charge on any atom is -0.309 e. The van der Waals surface area contributed by atoms with Crippen LogP contribution in [0.15, 0.2) is 115 Å². The Morgan fingerprint density at radius 1 is 0.531 bits per heavy atom. The van der Waals surface area contributed by atoms with E-state index in [4.69, 9.17) is 0 Å². The van der Waals surface area contributed by atoms with Crippen molar-refractivity contribution < 1.29 is 0 Å². The first kappa shape index (κ1) is 17.8. The fourth-order valence-electron chi connectivity index (χ4n) is 5.03. The number of para-hydroxylation sites is 1. The third kappa shape index (κ3) is 2.50. The molecule has 7 aromatic rings. The lowest BCUT2D eigenvalue weighted by Crippen LogP contribution is -1.94. The first-order valence-corrected chi connectivity index (χ1v) is 11.7. The molecule has 32 heavy (non-hydrogen) atoms. The second-order valence-corrected chi connectivity index (χ2v) is 9.14. The van der Waals surface area contributed by atoms with Gasteiger partial charge in [-0.15, -0.1) is 11.3 Å². The Labute approximate surface area is 189 Å². The van der Waals surface area contributed by atoms with Gasteiger partial charge in [-0.1, -0.05) is 78.9 Å². The van der Waals surface area contributed by atoms with E-state index < -0.39 is 0 Å². The van der Waals surface area contributed by atoms with Gasteiger partial charge >= 0.3 is 0 Å². The Kier molecular flexibility index (Phi) is 3.78. The third-order valence-corrected chi connectivity index (χ3v) is 7.42. The average Bonchev–Trinajstić information content (AvgIpc) is 3.47. The maximum atomic E-state index is 2.41. The van der Waals surface area contributed by atoms with Crippen LogP contribution in [0.25, 0.3) is 59.5 Å². The summed E-state index contributed by atoms with van der Waals surface area (Å²) in [5.74, 6) is 0. The number of nitrogens with zero attached hydrogens (tertiary/aromatic N) is 1. The monoisotopic (exact) mass is 425 g/mol. The Hall–Kier alpha value is -3.88. The van der Waals surface area contributed by atoms with Crippen molar-refractivity contribution in [3.63, 3.8) is 0 Å². The van der Waals surface area contributed by atoms with Crippen molar-refractivity contribution in [1.82, 2.24) is 4.57 Å². The Morgan fingerprint density at radius 2 is 1.34 bits per heavy atom. The fraction of sp³-hybridized carbons (Fsp3) is 0. The van der Waals surface area contributed by atoms with Crippen LogP contribution in [0.1, 0.15) is 0 Å². The predicted octanol–water partition coefficient (Wildman–Crippen LogP) is 8.82. The van der Waals surface area contributed by atoms with Crippen molar-refractivity contribution in [2.24, 2.45) is 0 Å². The summed E-state index contributed by atoms with van der Waals surface area (Å²) >= 11 is 1.83. The van der Waals surface area contributed by atoms with Crippen LogP contribution in [-0.4, -0.2) is 4.57 Å². The smallest absolute Gasteiger partial charge is 0.0547 e. The van der Waals surface area contributed by atoms with Gasteiger partial charge < -0.3 is 4.57 Å². The van der Waals surface area contributed by atoms with E-state index >= 15 is 0 Å². The molecule has 0 bridgehead atoms. The number of fused-ring (bicyclic) bond motifs is 7. The number of hydrogen-bond donors (Lipinski definition) is 0. The van der Waals surface area contributed by atoms with Gasteiger partial charge in [0.25, 0.3) is 0 Å². The maximum absolute atomic E-state index is 2.41. The van der Waals surface area contributed by atoms with Crippen LogP contribution >= 0.6 is 11.3 Å². The lowest BCUT2D eigenvalue weighted by molar-refractivity contribution is 1.18. The number of aromatic nitrogens is 1. The highest BCUT2D eigenvalue weighted by atomic mass is 32.1. The number of rotatable bonds is 2. The second-order valence-electron chi connectivity index (χ2n) is 8.23. The van der Waals surface area contributed by atoms with Gasteiger partial charge in [0.05, 0.1) is 11.0 Å². The van der Waals surface area contributed by atoms with E-state index in [0.717, 1.165) is 0 Å². The summed E-state index contributed by atoms with van der Waals surface area (Å²) in [4.78, 5) is 0. The van der Waals surface area contributed by atoms with Crippen LogP contribution in [0, 0.1) is 0 Å². The van der Waals surface area contributed by atoms with Crippen molar-refractivity contribution in [3.8, 4) is 16.8 Å². The summed E-state index contributed by atoms with van der Waals surface area (Å²) in [5.41, 5.74) is 6.15. The molecule has 2 heteroatoms. The van der Waals surface area contributed by atoms with E-state index in [1.807, 2.05) is 11.3 Å². The lowest BCUT2D eigenvalue weighted by Gasteiger charge is -2.11. The van der Waals surface area contributed by atoms with Crippen LogP contribution in [0.4, 0.5) is 0 Å². The molecular formula is C30H19NS. The molecule has 0 saturated heterocycles. The van der Waals surface area contributed by atoms with Crippen LogP contribution in [0.5, 0.6) is 0 Å². The van der Waals surface area contributed by atoms with E-state index in [2.05, 4.69) is 119 Å². The Bertz CT molecular complexity index is 1770. The van der Waals surface area contributed by atoms with Crippen LogP contribution in [-0.2, 0) is 0 Å². The summed E-state index contributed by atoms with van der Waals surface area (Å²) < 4.78 is 3.78. The van der Waals surface area contributed by atoms with Crippen LogP contribution < -0.4 is 0 Å². The minimum atomic E-state index is 1.19. The molecule has 2 heterocycles. The first-order chi connectivity index (χ1) is 15.9. The van der Waals surface area contributed by atoms with Gasteiger partial charge in [0.1, 0.15) is 0 Å². The maximum Gasteiger partial charge on any atom is 0.0547 e. The molecule has 0 radical (unpaired) electrons. The summed E-state index contributed by atoms with van der Waals surface area (Å²) in [6.07, 6.45) is 0. The number of hydrogen-bond acceptors (Lipinski definition) is 1. The molecule has 0 aliphatic rings. The number of thiophene rings is 1. The van der Waals surface area contributed by atoms with Gasteiger partial charge in [0.2, 0.25) is 0 Å². The highest BCUT2D eigenvalue weighted by Gasteiger charge is 2.16. The molecular weight excluding hydrogens is 406 g/mol. The summed E-state index contributed by atoms with van der Waals surface area (Å²) in [7, 11) is 0. The zero-order valence-electron chi connectivity index (χ0n) is 17.3. The molecule has 7 rings (SSSR count). The quantitative estimate of drug-likeness (QED) is 0.261. The van der Waals surface area contributed by atoms with Crippen molar-refractivity contribution >= 4 is 54.0 Å². The molecule has 150 valence electrons. The molecule has 0 unspecified atom stereocenters. The molecule has 1 nitrogen and oxygen atoms in total. The van der Waals surface area contributed by atoms with Crippen LogP contribution in [0.3, 0.4) is 0 Å². The van der Waals surface area contributed by atoms with Gasteiger partial charge in [-0.2, -0.15) is 0 Å². The topological polar surface area (TPSA) is 4.93 Å². The zero-order valence-corrected chi connectivity index (χ0v) is 18.1. The Morgan fingerprint density at radius 3 is 2.28 bits per heavy atom. The molecule has 5 aromatic carbocycles. The third-order valence-electron chi connectivity index (χ3n) is 6.46. The second kappa shape index (κ2) is 6.81. The van der Waals surface area contributed by atoms with E-state index in [1.54, 1.807) is 0 Å². The molecule has 0 N–H and O–H groups in total. The van der Waals surface area contributed by atoms with E-state index in [0.29, 0.717) is 0 Å². The molecule has 0 atom stereocenters. The molecule has 0 saturated carbocycles. The van der Waals surface area contributed by atoms with Gasteiger partial charge in [-0.05, 0) is 57.6 Å². The summed E-state index contributed by atoms with van der Waals surface area (Å²) in [6, 6.07) is 39.6. The molecule has 0 aliphatic heterocycles. The Balaban J connectivity index is 1.59.